The van der Waals surface area contributed by atoms with Gasteiger partial charge in [0.2, 0.25) is 0 Å². The number of rotatable bonds is 2. The number of aromatic nitrogens is 3. The molecule has 0 radical (unpaired) electrons. The zero-order valence-electron chi connectivity index (χ0n) is 11.9. The highest BCUT2D eigenvalue weighted by molar-refractivity contribution is 5.96. The van der Waals surface area contributed by atoms with E-state index in [1.54, 1.807) is 0 Å². The Kier molecular flexibility index (Phi) is 2.64. The molecule has 0 amide bonds. The molecule has 3 aliphatic rings. The highest BCUT2D eigenvalue weighted by Crippen LogP contribution is 2.47. The monoisotopic (exact) mass is 283 g/mol. The number of hydrogen-bond donors (Lipinski definition) is 1. The minimum Gasteiger partial charge on any atom is -0.478 e. The smallest absolute Gasteiger partial charge is 0.339 e. The maximum atomic E-state index is 11.8. The third-order valence-corrected chi connectivity index (χ3v) is 4.72. The average molecular weight is 283 g/mol. The summed E-state index contributed by atoms with van der Waals surface area (Å²) < 4.78 is 1.97. The maximum absolute atomic E-state index is 11.8. The Hall–Kier alpha value is -2.17. The lowest BCUT2D eigenvalue weighted by atomic mass is 9.78. The molecule has 0 unspecified atom stereocenters. The zero-order valence-corrected chi connectivity index (χ0v) is 11.9. The molecule has 108 valence electrons. The third kappa shape index (κ3) is 1.80. The number of pyridine rings is 1. The summed E-state index contributed by atoms with van der Waals surface area (Å²) in [5.74, 6) is -0.547. The van der Waals surface area contributed by atoms with E-state index in [0.717, 1.165) is 37.1 Å². The van der Waals surface area contributed by atoms with Crippen molar-refractivity contribution in [1.29, 1.82) is 0 Å². The van der Waals surface area contributed by atoms with E-state index in [4.69, 9.17) is 0 Å². The molecule has 1 fully saturated rings. The van der Waals surface area contributed by atoms with Crippen LogP contribution < -0.4 is 0 Å². The number of aromatic carboxylic acids is 1. The second-order valence-electron chi connectivity index (χ2n) is 6.03. The molecule has 2 aromatic heterocycles. The van der Waals surface area contributed by atoms with Crippen LogP contribution in [0.1, 0.15) is 59.4 Å². The molecule has 21 heavy (non-hydrogen) atoms. The van der Waals surface area contributed by atoms with Gasteiger partial charge in [-0.1, -0.05) is 6.07 Å². The van der Waals surface area contributed by atoms with Crippen LogP contribution in [0.4, 0.5) is 0 Å². The molecule has 1 N–H and O–H groups in total. The van der Waals surface area contributed by atoms with Gasteiger partial charge in [0, 0.05) is 11.6 Å². The van der Waals surface area contributed by atoms with E-state index in [0.29, 0.717) is 28.9 Å². The van der Waals surface area contributed by atoms with Crippen LogP contribution in [0.2, 0.25) is 0 Å². The summed E-state index contributed by atoms with van der Waals surface area (Å²) in [6.07, 6.45) is 4.38. The highest BCUT2D eigenvalue weighted by Gasteiger charge is 2.39. The van der Waals surface area contributed by atoms with E-state index in [9.17, 15) is 9.90 Å². The van der Waals surface area contributed by atoms with Gasteiger partial charge in [0.25, 0.3) is 0 Å². The Labute approximate surface area is 122 Å². The standard InChI is InChI=1S/C16H17N3O2/c1-9-3-2-4-12(17-9)14-13(16(20)21)15-10-5-7-11(8-6-10)19(15)18-14/h2-4,10-11H,5-8H2,1H3,(H,20,21). The van der Waals surface area contributed by atoms with Gasteiger partial charge in [-0.05, 0) is 44.7 Å². The van der Waals surface area contributed by atoms with Crippen molar-refractivity contribution in [2.24, 2.45) is 0 Å². The fourth-order valence-corrected chi connectivity index (χ4v) is 3.78. The minimum atomic E-state index is -0.887. The quantitative estimate of drug-likeness (QED) is 0.919. The van der Waals surface area contributed by atoms with Crippen molar-refractivity contribution in [3.63, 3.8) is 0 Å². The number of aryl methyl sites for hydroxylation is 1. The van der Waals surface area contributed by atoms with Gasteiger partial charge < -0.3 is 5.11 Å². The molecule has 1 saturated carbocycles. The van der Waals surface area contributed by atoms with Gasteiger partial charge in [0.1, 0.15) is 11.3 Å². The summed E-state index contributed by atoms with van der Waals surface area (Å²) in [4.78, 5) is 16.3. The van der Waals surface area contributed by atoms with Gasteiger partial charge in [-0.15, -0.1) is 0 Å². The normalized spacial score (nSPS) is 23.1. The van der Waals surface area contributed by atoms with Gasteiger partial charge in [-0.2, -0.15) is 5.10 Å². The van der Waals surface area contributed by atoms with Crippen molar-refractivity contribution in [2.75, 3.05) is 0 Å². The van der Waals surface area contributed by atoms with E-state index in [1.165, 1.54) is 0 Å². The first-order valence-electron chi connectivity index (χ1n) is 7.45. The number of carboxylic acids is 1. The summed E-state index contributed by atoms with van der Waals surface area (Å²) in [5, 5.41) is 14.3. The first-order chi connectivity index (χ1) is 10.1. The summed E-state index contributed by atoms with van der Waals surface area (Å²) >= 11 is 0. The SMILES string of the molecule is Cc1cccc(-c2nn3c(c2C(=O)O)C2CCC3CC2)n1. The minimum absolute atomic E-state index is 0.340. The van der Waals surface area contributed by atoms with Crippen LogP contribution in [0, 0.1) is 6.92 Å². The van der Waals surface area contributed by atoms with Crippen molar-refractivity contribution >= 4 is 5.97 Å². The summed E-state index contributed by atoms with van der Waals surface area (Å²) in [6, 6.07) is 6.01. The van der Waals surface area contributed by atoms with Gasteiger partial charge in [-0.3, -0.25) is 9.67 Å². The number of carbonyl (C=O) groups is 1. The van der Waals surface area contributed by atoms with Gasteiger partial charge in [0.05, 0.1) is 17.4 Å². The maximum Gasteiger partial charge on any atom is 0.339 e. The molecule has 4 heterocycles. The Morgan fingerprint density at radius 1 is 1.29 bits per heavy atom. The predicted molar refractivity (Wildman–Crippen MR) is 77.4 cm³/mol. The molecule has 0 atom stereocenters. The Morgan fingerprint density at radius 3 is 2.71 bits per heavy atom. The molecule has 5 rings (SSSR count). The largest absolute Gasteiger partial charge is 0.478 e. The molecular formula is C16H17N3O2. The van der Waals surface area contributed by atoms with Crippen molar-refractivity contribution < 1.29 is 9.90 Å². The lowest BCUT2D eigenvalue weighted by Gasteiger charge is -2.37. The van der Waals surface area contributed by atoms with Crippen molar-refractivity contribution in [1.82, 2.24) is 14.8 Å². The Balaban J connectivity index is 1.96. The number of nitrogens with zero attached hydrogens (tertiary/aromatic N) is 3. The third-order valence-electron chi connectivity index (χ3n) is 4.72. The van der Waals surface area contributed by atoms with Gasteiger partial charge in [0.15, 0.2) is 0 Å². The van der Waals surface area contributed by atoms with Crippen LogP contribution in [0.15, 0.2) is 18.2 Å². The Morgan fingerprint density at radius 2 is 2.05 bits per heavy atom. The molecule has 5 heteroatoms. The molecule has 0 aromatic carbocycles. The van der Waals surface area contributed by atoms with E-state index >= 15 is 0 Å². The summed E-state index contributed by atoms with van der Waals surface area (Å²) in [5.41, 5.74) is 3.34. The van der Waals surface area contributed by atoms with Crippen LogP contribution in [0.3, 0.4) is 0 Å². The van der Waals surface area contributed by atoms with Gasteiger partial charge >= 0.3 is 5.97 Å². The molecule has 5 nitrogen and oxygen atoms in total. The van der Waals surface area contributed by atoms with Crippen LogP contribution >= 0.6 is 0 Å². The molecule has 1 aliphatic carbocycles. The lowest BCUT2D eigenvalue weighted by molar-refractivity contribution is 0.0693. The molecule has 0 saturated heterocycles. The number of carboxylic acid groups (broad SMARTS) is 1. The topological polar surface area (TPSA) is 68.0 Å². The van der Waals surface area contributed by atoms with E-state index in [2.05, 4.69) is 10.1 Å². The highest BCUT2D eigenvalue weighted by atomic mass is 16.4. The zero-order chi connectivity index (χ0) is 14.6. The first kappa shape index (κ1) is 12.6. The summed E-state index contributed by atoms with van der Waals surface area (Å²) in [6.45, 7) is 1.91. The second kappa shape index (κ2) is 4.41. The Bertz CT molecular complexity index is 727. The van der Waals surface area contributed by atoms with Crippen LogP contribution in [-0.2, 0) is 0 Å². The molecule has 2 bridgehead atoms. The number of hydrogen-bond acceptors (Lipinski definition) is 3. The fourth-order valence-electron chi connectivity index (χ4n) is 3.78. The number of fused-ring (bicyclic) bond motifs is 2. The van der Waals surface area contributed by atoms with Crippen molar-refractivity contribution in [3.05, 3.63) is 35.2 Å². The van der Waals surface area contributed by atoms with E-state index in [-0.39, 0.29) is 0 Å². The fraction of sp³-hybridized carbons (Fsp3) is 0.438. The summed E-state index contributed by atoms with van der Waals surface area (Å²) in [7, 11) is 0. The molecule has 0 spiro atoms. The molecular weight excluding hydrogens is 266 g/mol. The lowest BCUT2D eigenvalue weighted by Crippen LogP contribution is -2.29. The predicted octanol–water partition coefficient (Wildman–Crippen LogP) is 3.16. The van der Waals surface area contributed by atoms with Crippen molar-refractivity contribution in [2.45, 2.75) is 44.6 Å². The molecule has 2 aromatic rings. The van der Waals surface area contributed by atoms with Gasteiger partial charge in [-0.25, -0.2) is 4.79 Å². The van der Waals surface area contributed by atoms with E-state index in [1.807, 2.05) is 29.8 Å². The van der Waals surface area contributed by atoms with E-state index < -0.39 is 5.97 Å². The average Bonchev–Trinajstić information content (AvgIpc) is 2.91. The second-order valence-corrected chi connectivity index (χ2v) is 6.03. The van der Waals surface area contributed by atoms with Crippen LogP contribution in [-0.4, -0.2) is 25.8 Å². The van der Waals surface area contributed by atoms with Crippen molar-refractivity contribution in [3.8, 4) is 11.4 Å². The first-order valence-corrected chi connectivity index (χ1v) is 7.45. The van der Waals surface area contributed by atoms with Crippen LogP contribution in [0.5, 0.6) is 0 Å². The molecule has 2 aliphatic heterocycles. The van der Waals surface area contributed by atoms with Crippen LogP contribution in [0.25, 0.3) is 11.4 Å².